The van der Waals surface area contributed by atoms with Gasteiger partial charge in [-0.25, -0.2) is 0 Å². The SMILES string of the molecule is COCCNC(=O)/C=C\c1ccc(O)cc1O. The number of aromatic hydroxyl groups is 2. The summed E-state index contributed by atoms with van der Waals surface area (Å²) in [6.45, 7) is 0.880. The van der Waals surface area contributed by atoms with E-state index in [1.165, 1.54) is 30.4 Å². The van der Waals surface area contributed by atoms with Crippen LogP contribution >= 0.6 is 0 Å². The van der Waals surface area contributed by atoms with Crippen LogP contribution in [0.5, 0.6) is 11.5 Å². The lowest BCUT2D eigenvalue weighted by molar-refractivity contribution is -0.116. The normalized spacial score (nSPS) is 10.6. The Labute approximate surface area is 99.3 Å². The first-order chi connectivity index (χ1) is 8.13. The molecule has 0 saturated heterocycles. The fraction of sp³-hybridized carbons (Fsp3) is 0.250. The third-order valence-electron chi connectivity index (χ3n) is 2.03. The lowest BCUT2D eigenvalue weighted by Gasteiger charge is -2.01. The van der Waals surface area contributed by atoms with Gasteiger partial charge in [-0.2, -0.15) is 0 Å². The van der Waals surface area contributed by atoms with E-state index in [1.807, 2.05) is 0 Å². The Kier molecular flexibility index (Phi) is 5.03. The minimum atomic E-state index is -0.269. The lowest BCUT2D eigenvalue weighted by Crippen LogP contribution is -2.24. The maximum Gasteiger partial charge on any atom is 0.244 e. The summed E-state index contributed by atoms with van der Waals surface area (Å²) in [7, 11) is 1.55. The molecule has 5 heteroatoms. The molecule has 0 aliphatic carbocycles. The van der Waals surface area contributed by atoms with E-state index in [2.05, 4.69) is 5.32 Å². The van der Waals surface area contributed by atoms with E-state index in [1.54, 1.807) is 7.11 Å². The molecular formula is C12H15NO4. The number of ether oxygens (including phenoxy) is 1. The Morgan fingerprint density at radius 1 is 1.47 bits per heavy atom. The highest BCUT2D eigenvalue weighted by molar-refractivity contribution is 5.92. The molecule has 92 valence electrons. The van der Waals surface area contributed by atoms with Crippen molar-refractivity contribution in [1.82, 2.24) is 5.32 Å². The Morgan fingerprint density at radius 3 is 2.88 bits per heavy atom. The van der Waals surface area contributed by atoms with E-state index in [-0.39, 0.29) is 17.4 Å². The summed E-state index contributed by atoms with van der Waals surface area (Å²) < 4.78 is 4.78. The van der Waals surface area contributed by atoms with Gasteiger partial charge in [0.15, 0.2) is 0 Å². The standard InChI is InChI=1S/C12H15NO4/c1-17-7-6-13-12(16)5-3-9-2-4-10(14)8-11(9)15/h2-5,8,14-15H,6-7H2,1H3,(H,13,16)/b5-3-. The predicted molar refractivity (Wildman–Crippen MR) is 63.7 cm³/mol. The molecule has 0 aromatic heterocycles. The summed E-state index contributed by atoms with van der Waals surface area (Å²) in [6.07, 6.45) is 2.78. The zero-order chi connectivity index (χ0) is 12.7. The second-order valence-corrected chi connectivity index (χ2v) is 3.36. The molecule has 0 unspecified atom stereocenters. The molecule has 1 aromatic carbocycles. The van der Waals surface area contributed by atoms with Crippen molar-refractivity contribution in [3.05, 3.63) is 29.8 Å². The van der Waals surface area contributed by atoms with Gasteiger partial charge in [0.2, 0.25) is 5.91 Å². The summed E-state index contributed by atoms with van der Waals surface area (Å²) in [5, 5.41) is 21.1. The average molecular weight is 237 g/mol. The zero-order valence-corrected chi connectivity index (χ0v) is 9.51. The van der Waals surface area contributed by atoms with Crippen LogP contribution in [-0.4, -0.2) is 36.4 Å². The number of hydrogen-bond acceptors (Lipinski definition) is 4. The number of carbonyl (C=O) groups is 1. The number of phenols is 2. The Morgan fingerprint density at radius 2 is 2.24 bits per heavy atom. The van der Waals surface area contributed by atoms with E-state index in [0.29, 0.717) is 18.7 Å². The summed E-state index contributed by atoms with van der Waals surface area (Å²) in [6, 6.07) is 4.16. The number of nitrogens with one attached hydrogen (secondary N) is 1. The molecule has 1 rings (SSSR count). The molecule has 0 spiro atoms. The monoisotopic (exact) mass is 237 g/mol. The van der Waals surface area contributed by atoms with Gasteiger partial charge in [0.25, 0.3) is 0 Å². The second-order valence-electron chi connectivity index (χ2n) is 3.36. The van der Waals surface area contributed by atoms with Gasteiger partial charge in [0, 0.05) is 31.4 Å². The largest absolute Gasteiger partial charge is 0.508 e. The van der Waals surface area contributed by atoms with Crippen molar-refractivity contribution in [2.45, 2.75) is 0 Å². The number of rotatable bonds is 5. The molecular weight excluding hydrogens is 222 g/mol. The van der Waals surface area contributed by atoms with Gasteiger partial charge < -0.3 is 20.3 Å². The van der Waals surface area contributed by atoms with Crippen LogP contribution in [0.4, 0.5) is 0 Å². The van der Waals surface area contributed by atoms with Crippen LogP contribution < -0.4 is 5.32 Å². The number of hydrogen-bond donors (Lipinski definition) is 3. The Bertz CT molecular complexity index is 415. The first kappa shape index (κ1) is 13.1. The van der Waals surface area contributed by atoms with Crippen molar-refractivity contribution < 1.29 is 19.7 Å². The number of benzene rings is 1. The number of carbonyl (C=O) groups excluding carboxylic acids is 1. The van der Waals surface area contributed by atoms with Crippen LogP contribution in [0.25, 0.3) is 6.08 Å². The highest BCUT2D eigenvalue weighted by atomic mass is 16.5. The first-order valence-corrected chi connectivity index (χ1v) is 5.10. The van der Waals surface area contributed by atoms with E-state index < -0.39 is 0 Å². The maximum absolute atomic E-state index is 11.3. The van der Waals surface area contributed by atoms with Gasteiger partial charge in [-0.15, -0.1) is 0 Å². The third kappa shape index (κ3) is 4.56. The van der Waals surface area contributed by atoms with Crippen molar-refractivity contribution in [3.8, 4) is 11.5 Å². The van der Waals surface area contributed by atoms with Gasteiger partial charge in [0.1, 0.15) is 11.5 Å². The topological polar surface area (TPSA) is 78.8 Å². The summed E-state index contributed by atoms with van der Waals surface area (Å²) in [5.74, 6) is -0.371. The summed E-state index contributed by atoms with van der Waals surface area (Å²) in [4.78, 5) is 11.3. The zero-order valence-electron chi connectivity index (χ0n) is 9.51. The van der Waals surface area contributed by atoms with E-state index in [4.69, 9.17) is 9.84 Å². The predicted octanol–water partition coefficient (Wildman–Crippen LogP) is 0.874. The van der Waals surface area contributed by atoms with Crippen LogP contribution in [0.3, 0.4) is 0 Å². The molecule has 0 radical (unpaired) electrons. The minimum Gasteiger partial charge on any atom is -0.508 e. The summed E-state index contributed by atoms with van der Waals surface area (Å²) >= 11 is 0. The highest BCUT2D eigenvalue weighted by Gasteiger charge is 1.99. The van der Waals surface area contributed by atoms with E-state index >= 15 is 0 Å². The van der Waals surface area contributed by atoms with Crippen LogP contribution in [0.1, 0.15) is 5.56 Å². The van der Waals surface area contributed by atoms with E-state index in [9.17, 15) is 9.90 Å². The van der Waals surface area contributed by atoms with Gasteiger partial charge in [0.05, 0.1) is 6.61 Å². The van der Waals surface area contributed by atoms with Gasteiger partial charge in [-0.05, 0) is 18.2 Å². The van der Waals surface area contributed by atoms with Crippen LogP contribution in [0.2, 0.25) is 0 Å². The molecule has 3 N–H and O–H groups in total. The first-order valence-electron chi connectivity index (χ1n) is 5.10. The molecule has 17 heavy (non-hydrogen) atoms. The third-order valence-corrected chi connectivity index (χ3v) is 2.03. The van der Waals surface area contributed by atoms with Crippen LogP contribution in [0, 0.1) is 0 Å². The molecule has 1 aromatic rings. The molecule has 0 aliphatic heterocycles. The fourth-order valence-corrected chi connectivity index (χ4v) is 1.17. The van der Waals surface area contributed by atoms with Gasteiger partial charge in [-0.3, -0.25) is 4.79 Å². The quantitative estimate of drug-likeness (QED) is 0.524. The lowest BCUT2D eigenvalue weighted by atomic mass is 10.2. The van der Waals surface area contributed by atoms with Crippen molar-refractivity contribution in [2.24, 2.45) is 0 Å². The Balaban J connectivity index is 2.55. The molecule has 0 bridgehead atoms. The van der Waals surface area contributed by atoms with Crippen LogP contribution in [0.15, 0.2) is 24.3 Å². The molecule has 0 fully saturated rings. The molecule has 5 nitrogen and oxygen atoms in total. The second kappa shape index (κ2) is 6.55. The molecule has 0 aliphatic rings. The number of phenolic OH excluding ortho intramolecular Hbond substituents is 2. The minimum absolute atomic E-state index is 0.0239. The Hall–Kier alpha value is -2.01. The van der Waals surface area contributed by atoms with Crippen molar-refractivity contribution in [1.29, 1.82) is 0 Å². The van der Waals surface area contributed by atoms with Crippen LogP contribution in [-0.2, 0) is 9.53 Å². The van der Waals surface area contributed by atoms with Crippen molar-refractivity contribution in [2.75, 3.05) is 20.3 Å². The molecule has 1 amide bonds. The number of amides is 1. The smallest absolute Gasteiger partial charge is 0.244 e. The molecule has 0 saturated carbocycles. The molecule has 0 atom stereocenters. The van der Waals surface area contributed by atoms with E-state index in [0.717, 1.165) is 0 Å². The van der Waals surface area contributed by atoms with Gasteiger partial charge in [-0.1, -0.05) is 0 Å². The molecule has 0 heterocycles. The fourth-order valence-electron chi connectivity index (χ4n) is 1.17. The van der Waals surface area contributed by atoms with Crippen molar-refractivity contribution >= 4 is 12.0 Å². The average Bonchev–Trinajstić information content (AvgIpc) is 2.28. The van der Waals surface area contributed by atoms with Gasteiger partial charge >= 0.3 is 0 Å². The summed E-state index contributed by atoms with van der Waals surface area (Å²) in [5.41, 5.74) is 0.463. The van der Waals surface area contributed by atoms with Crippen molar-refractivity contribution in [3.63, 3.8) is 0 Å². The maximum atomic E-state index is 11.3. The number of methoxy groups -OCH3 is 1. The highest BCUT2D eigenvalue weighted by Crippen LogP contribution is 2.23.